The van der Waals surface area contributed by atoms with Crippen LogP contribution in [0.15, 0.2) is 59.7 Å². The first-order valence-corrected chi connectivity index (χ1v) is 9.34. The molecule has 0 atom stereocenters. The van der Waals surface area contributed by atoms with Crippen molar-refractivity contribution in [2.75, 3.05) is 18.6 Å². The largest absolute Gasteiger partial charge is 0.493 e. The van der Waals surface area contributed by atoms with Gasteiger partial charge in [0.05, 0.1) is 24.9 Å². The van der Waals surface area contributed by atoms with E-state index in [1.165, 1.54) is 0 Å². The Hall–Kier alpha value is -3.08. The molecule has 0 aliphatic carbocycles. The highest BCUT2D eigenvalue weighted by molar-refractivity contribution is 5.85. The number of anilines is 1. The number of hydrogen-bond acceptors (Lipinski definition) is 5. The second kappa shape index (κ2) is 9.57. The van der Waals surface area contributed by atoms with Crippen LogP contribution in [-0.2, 0) is 0 Å². The summed E-state index contributed by atoms with van der Waals surface area (Å²) in [4.78, 5) is 4.55. The molecule has 1 aromatic heterocycles. The van der Waals surface area contributed by atoms with Crippen molar-refractivity contribution in [1.29, 1.82) is 0 Å². The first kappa shape index (κ1) is 18.7. The van der Waals surface area contributed by atoms with E-state index in [1.54, 1.807) is 6.21 Å². The maximum atomic E-state index is 5.85. The van der Waals surface area contributed by atoms with Crippen molar-refractivity contribution in [3.05, 3.63) is 60.2 Å². The molecule has 0 saturated heterocycles. The van der Waals surface area contributed by atoms with E-state index in [1.807, 2.05) is 54.6 Å². The number of ether oxygens (including phenoxy) is 2. The van der Waals surface area contributed by atoms with Gasteiger partial charge in [-0.25, -0.2) is 4.98 Å². The second-order valence-corrected chi connectivity index (χ2v) is 6.16. The van der Waals surface area contributed by atoms with Crippen molar-refractivity contribution in [1.82, 2.24) is 4.98 Å². The lowest BCUT2D eigenvalue weighted by atomic mass is 10.2. The molecule has 0 saturated carbocycles. The fraction of sp³-hybridized carbons (Fsp3) is 0.273. The lowest BCUT2D eigenvalue weighted by Crippen LogP contribution is -2.01. The first-order chi connectivity index (χ1) is 13.3. The van der Waals surface area contributed by atoms with Gasteiger partial charge in [0, 0.05) is 17.0 Å². The molecular weight excluding hydrogens is 338 g/mol. The summed E-state index contributed by atoms with van der Waals surface area (Å²) in [6.45, 7) is 5.51. The van der Waals surface area contributed by atoms with Crippen LogP contribution in [0.5, 0.6) is 11.5 Å². The summed E-state index contributed by atoms with van der Waals surface area (Å²) in [5.41, 5.74) is 4.81. The van der Waals surface area contributed by atoms with Crippen LogP contribution in [0, 0.1) is 0 Å². The fourth-order valence-corrected chi connectivity index (χ4v) is 2.56. The zero-order valence-electron chi connectivity index (χ0n) is 15.8. The molecule has 3 rings (SSSR count). The monoisotopic (exact) mass is 363 g/mol. The Balaban J connectivity index is 1.73. The first-order valence-electron chi connectivity index (χ1n) is 9.34. The summed E-state index contributed by atoms with van der Waals surface area (Å²) in [5.74, 6) is 2.27. The molecule has 0 fully saturated rings. The standard InChI is InChI=1S/C22H25N3O2/c1-3-13-26-19-11-9-18(21(15-19)27-14-4-2)16-23-25-22-12-10-17-7-5-6-8-20(17)24-22/h5-12,15-16H,3-4,13-14H2,1-2H3,(H,24,25). The maximum Gasteiger partial charge on any atom is 0.146 e. The number of para-hydroxylation sites is 1. The van der Waals surface area contributed by atoms with Crippen LogP contribution >= 0.6 is 0 Å². The molecule has 0 unspecified atom stereocenters. The number of hydrogen-bond donors (Lipinski definition) is 1. The van der Waals surface area contributed by atoms with Crippen LogP contribution in [-0.4, -0.2) is 24.4 Å². The quantitative estimate of drug-likeness (QED) is 0.416. The number of nitrogens with one attached hydrogen (secondary N) is 1. The Morgan fingerprint density at radius 2 is 1.78 bits per heavy atom. The third-order valence-electron chi connectivity index (χ3n) is 3.90. The lowest BCUT2D eigenvalue weighted by Gasteiger charge is -2.11. The molecule has 5 heteroatoms. The average Bonchev–Trinajstić information content (AvgIpc) is 2.71. The summed E-state index contributed by atoms with van der Waals surface area (Å²) in [5, 5.41) is 5.42. The Bertz CT molecular complexity index is 909. The topological polar surface area (TPSA) is 55.7 Å². The van der Waals surface area contributed by atoms with Crippen molar-refractivity contribution >= 4 is 22.9 Å². The van der Waals surface area contributed by atoms with E-state index in [-0.39, 0.29) is 0 Å². The van der Waals surface area contributed by atoms with Crippen LogP contribution in [0.25, 0.3) is 10.9 Å². The third-order valence-corrected chi connectivity index (χ3v) is 3.90. The van der Waals surface area contributed by atoms with E-state index in [9.17, 15) is 0 Å². The summed E-state index contributed by atoms with van der Waals surface area (Å²) in [6, 6.07) is 17.7. The van der Waals surface area contributed by atoms with E-state index in [2.05, 4.69) is 29.4 Å². The van der Waals surface area contributed by atoms with Gasteiger partial charge in [-0.1, -0.05) is 32.0 Å². The predicted molar refractivity (Wildman–Crippen MR) is 111 cm³/mol. The van der Waals surface area contributed by atoms with Crippen molar-refractivity contribution < 1.29 is 9.47 Å². The van der Waals surface area contributed by atoms with Crippen molar-refractivity contribution in [2.45, 2.75) is 26.7 Å². The van der Waals surface area contributed by atoms with Gasteiger partial charge in [0.2, 0.25) is 0 Å². The smallest absolute Gasteiger partial charge is 0.146 e. The zero-order valence-corrected chi connectivity index (χ0v) is 15.8. The molecule has 0 aliphatic heterocycles. The van der Waals surface area contributed by atoms with Gasteiger partial charge in [0.15, 0.2) is 0 Å². The average molecular weight is 363 g/mol. The molecule has 27 heavy (non-hydrogen) atoms. The number of fused-ring (bicyclic) bond motifs is 1. The minimum atomic E-state index is 0.651. The highest BCUT2D eigenvalue weighted by Crippen LogP contribution is 2.24. The third kappa shape index (κ3) is 5.20. The van der Waals surface area contributed by atoms with E-state index >= 15 is 0 Å². The van der Waals surface area contributed by atoms with E-state index < -0.39 is 0 Å². The minimum absolute atomic E-state index is 0.651. The predicted octanol–water partition coefficient (Wildman–Crippen LogP) is 5.26. The molecule has 0 radical (unpaired) electrons. The van der Waals surface area contributed by atoms with Gasteiger partial charge in [-0.3, -0.25) is 5.43 Å². The summed E-state index contributed by atoms with van der Waals surface area (Å²) in [6.07, 6.45) is 3.65. The SMILES string of the molecule is CCCOc1ccc(C=NNc2ccc3ccccc3n2)c(OCCC)c1. The van der Waals surface area contributed by atoms with Gasteiger partial charge in [-0.15, -0.1) is 0 Å². The van der Waals surface area contributed by atoms with Crippen LogP contribution < -0.4 is 14.9 Å². The number of benzene rings is 2. The van der Waals surface area contributed by atoms with Crippen LogP contribution in [0.2, 0.25) is 0 Å². The van der Waals surface area contributed by atoms with Gasteiger partial charge in [-0.2, -0.15) is 5.10 Å². The second-order valence-electron chi connectivity index (χ2n) is 6.16. The summed E-state index contributed by atoms with van der Waals surface area (Å²) < 4.78 is 11.5. The number of rotatable bonds is 9. The van der Waals surface area contributed by atoms with Gasteiger partial charge in [0.1, 0.15) is 17.3 Å². The highest BCUT2D eigenvalue weighted by Gasteiger charge is 2.05. The molecule has 0 spiro atoms. The zero-order chi connectivity index (χ0) is 18.9. The maximum absolute atomic E-state index is 5.85. The van der Waals surface area contributed by atoms with Gasteiger partial charge >= 0.3 is 0 Å². The highest BCUT2D eigenvalue weighted by atomic mass is 16.5. The molecule has 0 bridgehead atoms. The Morgan fingerprint density at radius 3 is 2.63 bits per heavy atom. The number of hydrazone groups is 1. The Kier molecular flexibility index (Phi) is 6.63. The molecule has 2 aromatic carbocycles. The Labute approximate surface area is 160 Å². The normalized spacial score (nSPS) is 11.0. The van der Waals surface area contributed by atoms with Crippen LogP contribution in [0.1, 0.15) is 32.3 Å². The molecule has 1 N–H and O–H groups in total. The molecule has 3 aromatic rings. The molecule has 1 heterocycles. The number of aromatic nitrogens is 1. The van der Waals surface area contributed by atoms with Gasteiger partial charge in [0.25, 0.3) is 0 Å². The minimum Gasteiger partial charge on any atom is -0.493 e. The molecular formula is C22H25N3O2. The summed E-state index contributed by atoms with van der Waals surface area (Å²) in [7, 11) is 0. The van der Waals surface area contributed by atoms with E-state index in [0.717, 1.165) is 40.8 Å². The van der Waals surface area contributed by atoms with Gasteiger partial charge < -0.3 is 9.47 Å². The van der Waals surface area contributed by atoms with E-state index in [4.69, 9.17) is 9.47 Å². The van der Waals surface area contributed by atoms with Crippen molar-refractivity contribution in [3.63, 3.8) is 0 Å². The molecule has 140 valence electrons. The number of pyridine rings is 1. The van der Waals surface area contributed by atoms with Crippen molar-refractivity contribution in [2.24, 2.45) is 5.10 Å². The molecule has 5 nitrogen and oxygen atoms in total. The molecule has 0 amide bonds. The summed E-state index contributed by atoms with van der Waals surface area (Å²) >= 11 is 0. The van der Waals surface area contributed by atoms with E-state index in [0.29, 0.717) is 19.0 Å². The van der Waals surface area contributed by atoms with Gasteiger partial charge in [-0.05, 0) is 43.2 Å². The number of nitrogens with zero attached hydrogens (tertiary/aromatic N) is 2. The fourth-order valence-electron chi connectivity index (χ4n) is 2.56. The molecule has 0 aliphatic rings. The lowest BCUT2D eigenvalue weighted by molar-refractivity contribution is 0.301. The van der Waals surface area contributed by atoms with Crippen LogP contribution in [0.3, 0.4) is 0 Å². The van der Waals surface area contributed by atoms with Crippen LogP contribution in [0.4, 0.5) is 5.82 Å². The Morgan fingerprint density at radius 1 is 0.963 bits per heavy atom. The van der Waals surface area contributed by atoms with Crippen molar-refractivity contribution in [3.8, 4) is 11.5 Å².